The van der Waals surface area contributed by atoms with Crippen LogP contribution in [0.2, 0.25) is 0 Å². The van der Waals surface area contributed by atoms with E-state index < -0.39 is 42.4 Å². The number of hydrogen-bond acceptors (Lipinski definition) is 7. The number of carbonyl (C=O) groups excluding carboxylic acids is 5. The van der Waals surface area contributed by atoms with Gasteiger partial charge in [0.05, 0.1) is 6.42 Å². The van der Waals surface area contributed by atoms with Crippen molar-refractivity contribution in [2.75, 3.05) is 19.4 Å². The first-order chi connectivity index (χ1) is 17.2. The van der Waals surface area contributed by atoms with Crippen molar-refractivity contribution in [2.24, 2.45) is 5.73 Å². The molecular weight excluding hydrogens is 499 g/mol. The molecule has 11 nitrogen and oxygen atoms in total. The summed E-state index contributed by atoms with van der Waals surface area (Å²) in [5, 5.41) is 12.0. The van der Waals surface area contributed by atoms with E-state index in [0.717, 1.165) is 0 Å². The van der Waals surface area contributed by atoms with Crippen molar-refractivity contribution in [1.29, 1.82) is 5.41 Å². The van der Waals surface area contributed by atoms with Gasteiger partial charge in [0, 0.05) is 36.5 Å². The predicted octanol–water partition coefficient (Wildman–Crippen LogP) is 1.43. The molecule has 14 heteroatoms. The molecule has 0 fully saturated rings. The number of carbonyl (C=O) groups is 5. The Bertz CT molecular complexity index is 1230. The van der Waals surface area contributed by atoms with E-state index >= 15 is 0 Å². The molecule has 0 aliphatic carbocycles. The first-order valence-electron chi connectivity index (χ1n) is 10.4. The highest BCUT2D eigenvalue weighted by Gasteiger charge is 2.43. The maximum atomic E-state index is 12.8. The van der Waals surface area contributed by atoms with E-state index in [1.54, 1.807) is 0 Å². The Morgan fingerprint density at radius 2 is 1.59 bits per heavy atom. The number of amides is 3. The first kappa shape index (κ1) is 28.5. The molecule has 2 aromatic rings. The average molecular weight is 521 g/mol. The third kappa shape index (κ3) is 8.16. The summed E-state index contributed by atoms with van der Waals surface area (Å²) in [4.78, 5) is 61.8. The Morgan fingerprint density at radius 3 is 2.14 bits per heavy atom. The van der Waals surface area contributed by atoms with Gasteiger partial charge in [-0.3, -0.25) is 24.6 Å². The van der Waals surface area contributed by atoms with Gasteiger partial charge >= 0.3 is 18.1 Å². The standard InChI is InChI=1S/C23H22F3N5O6/c1-31(2)21(35)13-8-6-12(7-9-13)19(33)30-16(11-17(32)37-22(36)23(24,25)26)20(34)29-15-5-3-4-14(10-15)18(27)28/h3-10,16H,11H2,1-2H3,(H3,27,28)(H,29,34)(H,30,33)/t16-/m1/s1. The fraction of sp³-hybridized carbons (Fsp3) is 0.217. The molecule has 37 heavy (non-hydrogen) atoms. The van der Waals surface area contributed by atoms with Crippen LogP contribution in [0.25, 0.3) is 0 Å². The molecule has 0 aromatic heterocycles. The lowest BCUT2D eigenvalue weighted by atomic mass is 10.1. The summed E-state index contributed by atoms with van der Waals surface area (Å²) in [5.74, 6) is -7.09. The van der Waals surface area contributed by atoms with Crippen molar-refractivity contribution in [2.45, 2.75) is 18.6 Å². The number of alkyl halides is 3. The third-order valence-electron chi connectivity index (χ3n) is 4.67. The van der Waals surface area contributed by atoms with Crippen LogP contribution in [0.15, 0.2) is 48.5 Å². The lowest BCUT2D eigenvalue weighted by Gasteiger charge is -2.18. The van der Waals surface area contributed by atoms with E-state index in [1.807, 2.05) is 0 Å². The highest BCUT2D eigenvalue weighted by molar-refractivity contribution is 6.04. The van der Waals surface area contributed by atoms with Gasteiger partial charge in [-0.15, -0.1) is 0 Å². The average Bonchev–Trinajstić information content (AvgIpc) is 2.82. The fourth-order valence-electron chi connectivity index (χ4n) is 2.84. The molecule has 196 valence electrons. The number of rotatable bonds is 8. The zero-order valence-corrected chi connectivity index (χ0v) is 19.5. The molecule has 0 saturated heterocycles. The van der Waals surface area contributed by atoms with Crippen molar-refractivity contribution in [3.05, 3.63) is 65.2 Å². The van der Waals surface area contributed by atoms with Crippen LogP contribution in [0.3, 0.4) is 0 Å². The highest BCUT2D eigenvalue weighted by atomic mass is 19.4. The Kier molecular flexibility index (Phi) is 9.08. The van der Waals surface area contributed by atoms with Crippen LogP contribution in [-0.2, 0) is 19.1 Å². The fourth-order valence-corrected chi connectivity index (χ4v) is 2.84. The van der Waals surface area contributed by atoms with Gasteiger partial charge < -0.3 is 26.0 Å². The van der Waals surface area contributed by atoms with E-state index in [1.165, 1.54) is 67.5 Å². The van der Waals surface area contributed by atoms with E-state index in [2.05, 4.69) is 15.4 Å². The number of halogens is 3. The molecule has 0 unspecified atom stereocenters. The number of anilines is 1. The summed E-state index contributed by atoms with van der Waals surface area (Å²) in [6, 6.07) is 9.08. The van der Waals surface area contributed by atoms with E-state index in [0.29, 0.717) is 0 Å². The van der Waals surface area contributed by atoms with Crippen molar-refractivity contribution in [3.8, 4) is 0 Å². The zero-order valence-electron chi connectivity index (χ0n) is 19.5. The molecule has 5 N–H and O–H groups in total. The Balaban J connectivity index is 2.25. The highest BCUT2D eigenvalue weighted by Crippen LogP contribution is 2.17. The molecule has 0 aliphatic rings. The Labute approximate surface area is 208 Å². The van der Waals surface area contributed by atoms with Gasteiger partial charge in [0.1, 0.15) is 11.9 Å². The van der Waals surface area contributed by atoms with Crippen LogP contribution in [0.4, 0.5) is 18.9 Å². The number of esters is 2. The molecule has 0 radical (unpaired) electrons. The van der Waals surface area contributed by atoms with Gasteiger partial charge in [-0.1, -0.05) is 12.1 Å². The number of benzene rings is 2. The van der Waals surface area contributed by atoms with Gasteiger partial charge in [0.25, 0.3) is 11.8 Å². The number of nitrogens with one attached hydrogen (secondary N) is 3. The van der Waals surface area contributed by atoms with E-state index in [4.69, 9.17) is 11.1 Å². The minimum atomic E-state index is -5.45. The minimum Gasteiger partial charge on any atom is -0.386 e. The topological polar surface area (TPSA) is 172 Å². The summed E-state index contributed by atoms with van der Waals surface area (Å²) < 4.78 is 41.0. The molecule has 0 saturated carbocycles. The molecule has 1 atom stereocenters. The van der Waals surface area contributed by atoms with Gasteiger partial charge in [-0.25, -0.2) is 4.79 Å². The van der Waals surface area contributed by atoms with Crippen molar-refractivity contribution < 1.29 is 41.9 Å². The van der Waals surface area contributed by atoms with Crippen LogP contribution >= 0.6 is 0 Å². The van der Waals surface area contributed by atoms with Crippen LogP contribution in [-0.4, -0.2) is 66.7 Å². The number of amidine groups is 1. The SMILES string of the molecule is CN(C)C(=O)c1ccc(C(=O)N[C@H](CC(=O)OC(=O)C(F)(F)F)C(=O)Nc2cccc(C(=N)N)c2)cc1. The monoisotopic (exact) mass is 521 g/mol. The van der Waals surface area contributed by atoms with Crippen molar-refractivity contribution in [3.63, 3.8) is 0 Å². The molecule has 0 bridgehead atoms. The summed E-state index contributed by atoms with van der Waals surface area (Å²) in [6.07, 6.45) is -6.57. The predicted molar refractivity (Wildman–Crippen MR) is 124 cm³/mol. The number of ether oxygens (including phenoxy) is 1. The second-order valence-corrected chi connectivity index (χ2v) is 7.75. The van der Waals surface area contributed by atoms with Crippen LogP contribution in [0.5, 0.6) is 0 Å². The molecule has 0 heterocycles. The maximum absolute atomic E-state index is 12.8. The lowest BCUT2D eigenvalue weighted by Crippen LogP contribution is -2.45. The maximum Gasteiger partial charge on any atom is 0.491 e. The third-order valence-corrected chi connectivity index (χ3v) is 4.67. The number of nitrogens with two attached hydrogens (primary N) is 1. The second kappa shape index (κ2) is 11.8. The lowest BCUT2D eigenvalue weighted by molar-refractivity contribution is -0.202. The van der Waals surface area contributed by atoms with Crippen LogP contribution in [0, 0.1) is 5.41 Å². The largest absolute Gasteiger partial charge is 0.491 e. The quantitative estimate of drug-likeness (QED) is 0.176. The summed E-state index contributed by atoms with van der Waals surface area (Å²) in [5.41, 5.74) is 5.96. The molecule has 3 amide bonds. The van der Waals surface area contributed by atoms with Gasteiger partial charge in [-0.05, 0) is 36.4 Å². The summed E-state index contributed by atoms with van der Waals surface area (Å²) >= 11 is 0. The normalized spacial score (nSPS) is 11.6. The number of nitrogens with zero attached hydrogens (tertiary/aromatic N) is 1. The number of nitrogen functional groups attached to an aromatic ring is 1. The molecule has 2 rings (SSSR count). The van der Waals surface area contributed by atoms with Crippen LogP contribution in [0.1, 0.15) is 32.7 Å². The van der Waals surface area contributed by atoms with Gasteiger partial charge in [0.15, 0.2) is 0 Å². The van der Waals surface area contributed by atoms with Gasteiger partial charge in [0.2, 0.25) is 5.91 Å². The number of hydrogen-bond donors (Lipinski definition) is 4. The minimum absolute atomic E-state index is 0.0357. The molecular formula is C23H22F3N5O6. The summed E-state index contributed by atoms with van der Waals surface area (Å²) in [7, 11) is 3.06. The van der Waals surface area contributed by atoms with E-state index in [9.17, 15) is 37.1 Å². The molecule has 0 aliphatic heterocycles. The molecule has 0 spiro atoms. The first-order valence-corrected chi connectivity index (χ1v) is 10.4. The van der Waals surface area contributed by atoms with Crippen LogP contribution < -0.4 is 16.4 Å². The molecule has 2 aromatic carbocycles. The second-order valence-electron chi connectivity index (χ2n) is 7.75. The van der Waals surface area contributed by atoms with Gasteiger partial charge in [-0.2, -0.15) is 13.2 Å². The van der Waals surface area contributed by atoms with Crippen molar-refractivity contribution in [1.82, 2.24) is 10.2 Å². The zero-order chi connectivity index (χ0) is 27.9. The Hall–Kier alpha value is -4.75. The smallest absolute Gasteiger partial charge is 0.386 e. The van der Waals surface area contributed by atoms with Crippen molar-refractivity contribution >= 4 is 41.2 Å². The Morgan fingerprint density at radius 1 is 1.00 bits per heavy atom. The summed E-state index contributed by atoms with van der Waals surface area (Å²) in [6.45, 7) is 0. The van der Waals surface area contributed by atoms with E-state index in [-0.39, 0.29) is 34.1 Å².